The Bertz CT molecular complexity index is 786. The first-order valence-corrected chi connectivity index (χ1v) is 11.7. The topological polar surface area (TPSA) is 86.6 Å². The fourth-order valence-electron chi connectivity index (χ4n) is 5.52. The lowest BCUT2D eigenvalue weighted by molar-refractivity contribution is -0.138. The number of rotatable bonds is 4. The molecule has 0 bridgehead atoms. The molecular formula is C21H32NO4P. The number of benzene rings is 1. The standard InChI is InChI=1S/C21H32NO4P/c1-14(2)15-6-8-17-16(12-15)7-9-18-20(17,3)10-5-11-21(18,4)19(23)22-13-27(24,25)26/h6,8,12,14,18H,5,7,9-11,13H2,1-4H3,(H,22,23)(H2,24,25,26)/t18-,20-,21-/m1/s1. The summed E-state index contributed by atoms with van der Waals surface area (Å²) in [7, 11) is -4.25. The molecule has 0 aliphatic heterocycles. The number of carbonyl (C=O) groups excluding carboxylic acids is 1. The Morgan fingerprint density at radius 2 is 2.00 bits per heavy atom. The highest BCUT2D eigenvalue weighted by Gasteiger charge is 2.55. The summed E-state index contributed by atoms with van der Waals surface area (Å²) in [6.07, 6.45) is 4.06. The second-order valence-electron chi connectivity index (χ2n) is 9.18. The van der Waals surface area contributed by atoms with E-state index in [1.807, 2.05) is 6.92 Å². The maximum atomic E-state index is 13.0. The van der Waals surface area contributed by atoms with Gasteiger partial charge in [0, 0.05) is 0 Å². The molecule has 0 radical (unpaired) electrons. The van der Waals surface area contributed by atoms with E-state index in [1.54, 1.807) is 0 Å². The molecule has 1 saturated carbocycles. The van der Waals surface area contributed by atoms with Gasteiger partial charge in [0.05, 0.1) is 5.41 Å². The van der Waals surface area contributed by atoms with Crippen molar-refractivity contribution in [2.24, 2.45) is 11.3 Å². The molecule has 27 heavy (non-hydrogen) atoms. The predicted octanol–water partition coefficient (Wildman–Crippen LogP) is 4.07. The first-order valence-electron chi connectivity index (χ1n) is 9.93. The van der Waals surface area contributed by atoms with Gasteiger partial charge in [0.15, 0.2) is 0 Å². The molecule has 0 unspecified atom stereocenters. The molecule has 150 valence electrons. The molecular weight excluding hydrogens is 361 g/mol. The van der Waals surface area contributed by atoms with Crippen molar-refractivity contribution in [2.75, 3.05) is 6.29 Å². The molecule has 0 aromatic heterocycles. The number of aryl methyl sites for hydroxylation is 1. The van der Waals surface area contributed by atoms with Crippen LogP contribution in [0, 0.1) is 11.3 Å². The number of hydrogen-bond acceptors (Lipinski definition) is 2. The maximum Gasteiger partial charge on any atom is 0.344 e. The minimum absolute atomic E-state index is 0.0739. The molecule has 3 atom stereocenters. The SMILES string of the molecule is CC(C)c1ccc2c(c1)CC[C@H]1[C@](C)(C(=O)NCP(=O)(O)O)CCC[C@]21C. The van der Waals surface area contributed by atoms with E-state index in [2.05, 4.69) is 44.3 Å². The van der Waals surface area contributed by atoms with Gasteiger partial charge in [-0.3, -0.25) is 9.36 Å². The normalized spacial score (nSPS) is 30.6. The summed E-state index contributed by atoms with van der Waals surface area (Å²) in [5.41, 5.74) is 3.44. The summed E-state index contributed by atoms with van der Waals surface area (Å²) in [6, 6.07) is 6.81. The largest absolute Gasteiger partial charge is 0.344 e. The van der Waals surface area contributed by atoms with Crippen LogP contribution in [0.1, 0.15) is 76.0 Å². The van der Waals surface area contributed by atoms with Crippen molar-refractivity contribution >= 4 is 13.5 Å². The van der Waals surface area contributed by atoms with E-state index in [4.69, 9.17) is 9.79 Å². The molecule has 0 spiro atoms. The van der Waals surface area contributed by atoms with Gasteiger partial charge in [-0.25, -0.2) is 0 Å². The third kappa shape index (κ3) is 3.74. The van der Waals surface area contributed by atoms with Crippen molar-refractivity contribution in [2.45, 2.75) is 71.1 Å². The first-order chi connectivity index (χ1) is 12.5. The second kappa shape index (κ2) is 7.02. The smallest absolute Gasteiger partial charge is 0.344 e. The van der Waals surface area contributed by atoms with Gasteiger partial charge in [0.1, 0.15) is 6.29 Å². The number of amides is 1. The van der Waals surface area contributed by atoms with Crippen LogP contribution in [0.25, 0.3) is 0 Å². The Balaban J connectivity index is 1.93. The zero-order valence-electron chi connectivity index (χ0n) is 16.8. The van der Waals surface area contributed by atoms with Gasteiger partial charge in [-0.2, -0.15) is 0 Å². The average Bonchev–Trinajstić information content (AvgIpc) is 2.58. The zero-order chi connectivity index (χ0) is 20.0. The minimum atomic E-state index is -4.25. The van der Waals surface area contributed by atoms with Gasteiger partial charge in [-0.15, -0.1) is 0 Å². The molecule has 2 aliphatic rings. The van der Waals surface area contributed by atoms with Crippen molar-refractivity contribution in [3.8, 4) is 0 Å². The minimum Gasteiger partial charge on any atom is -0.344 e. The van der Waals surface area contributed by atoms with Gasteiger partial charge in [-0.05, 0) is 59.6 Å². The lowest BCUT2D eigenvalue weighted by Gasteiger charge is -2.54. The van der Waals surface area contributed by atoms with E-state index < -0.39 is 19.3 Å². The maximum absolute atomic E-state index is 13.0. The van der Waals surface area contributed by atoms with Gasteiger partial charge >= 0.3 is 7.60 Å². The summed E-state index contributed by atoms with van der Waals surface area (Å²) in [4.78, 5) is 31.2. The molecule has 1 aromatic rings. The van der Waals surface area contributed by atoms with Crippen LogP contribution >= 0.6 is 7.60 Å². The molecule has 1 fully saturated rings. The quantitative estimate of drug-likeness (QED) is 0.673. The predicted molar refractivity (Wildman–Crippen MR) is 107 cm³/mol. The Labute approximate surface area is 162 Å². The second-order valence-corrected chi connectivity index (χ2v) is 10.8. The van der Waals surface area contributed by atoms with Crippen LogP contribution < -0.4 is 5.32 Å². The molecule has 6 heteroatoms. The third-order valence-electron chi connectivity index (χ3n) is 7.01. The Kier molecular flexibility index (Phi) is 5.35. The van der Waals surface area contributed by atoms with E-state index >= 15 is 0 Å². The Morgan fingerprint density at radius 1 is 1.30 bits per heavy atom. The molecule has 0 saturated heterocycles. The first kappa shape index (κ1) is 20.6. The van der Waals surface area contributed by atoms with E-state index in [0.29, 0.717) is 5.92 Å². The summed E-state index contributed by atoms with van der Waals surface area (Å²) in [5, 5.41) is 2.53. The van der Waals surface area contributed by atoms with Crippen LogP contribution in [0.3, 0.4) is 0 Å². The monoisotopic (exact) mass is 393 g/mol. The summed E-state index contributed by atoms with van der Waals surface area (Å²) in [5.74, 6) is 0.452. The van der Waals surface area contributed by atoms with Gasteiger partial charge < -0.3 is 15.1 Å². The van der Waals surface area contributed by atoms with Crippen molar-refractivity contribution in [1.29, 1.82) is 0 Å². The Hall–Kier alpha value is -1.16. The van der Waals surface area contributed by atoms with E-state index in [9.17, 15) is 9.36 Å². The average molecular weight is 393 g/mol. The number of nitrogens with one attached hydrogen (secondary N) is 1. The van der Waals surface area contributed by atoms with Crippen LogP contribution in [-0.4, -0.2) is 22.0 Å². The lowest BCUT2D eigenvalue weighted by atomic mass is 9.49. The molecule has 1 amide bonds. The molecule has 3 N–H and O–H groups in total. The van der Waals surface area contributed by atoms with E-state index in [1.165, 1.54) is 16.7 Å². The van der Waals surface area contributed by atoms with Crippen molar-refractivity contribution in [3.63, 3.8) is 0 Å². The zero-order valence-corrected chi connectivity index (χ0v) is 17.7. The van der Waals surface area contributed by atoms with Crippen molar-refractivity contribution in [3.05, 3.63) is 34.9 Å². The third-order valence-corrected chi connectivity index (χ3v) is 7.58. The van der Waals surface area contributed by atoms with Crippen LogP contribution in [0.4, 0.5) is 0 Å². The molecule has 3 rings (SSSR count). The van der Waals surface area contributed by atoms with Crippen LogP contribution in [0.2, 0.25) is 0 Å². The van der Waals surface area contributed by atoms with Crippen LogP contribution in [0.15, 0.2) is 18.2 Å². The molecule has 5 nitrogen and oxygen atoms in total. The van der Waals surface area contributed by atoms with Gasteiger partial charge in [-0.1, -0.05) is 52.3 Å². The van der Waals surface area contributed by atoms with Gasteiger partial charge in [0.2, 0.25) is 5.91 Å². The highest BCUT2D eigenvalue weighted by atomic mass is 31.2. The van der Waals surface area contributed by atoms with E-state index in [0.717, 1.165) is 32.1 Å². The number of fused-ring (bicyclic) bond motifs is 3. The van der Waals surface area contributed by atoms with Crippen molar-refractivity contribution in [1.82, 2.24) is 5.32 Å². The molecule has 2 aliphatic carbocycles. The fraction of sp³-hybridized carbons (Fsp3) is 0.667. The Morgan fingerprint density at radius 3 is 2.63 bits per heavy atom. The molecule has 0 heterocycles. The highest BCUT2D eigenvalue weighted by molar-refractivity contribution is 7.51. The van der Waals surface area contributed by atoms with Gasteiger partial charge in [0.25, 0.3) is 0 Å². The van der Waals surface area contributed by atoms with E-state index in [-0.39, 0.29) is 17.2 Å². The van der Waals surface area contributed by atoms with Crippen molar-refractivity contribution < 1.29 is 19.1 Å². The fourth-order valence-corrected chi connectivity index (χ4v) is 5.87. The summed E-state index contributed by atoms with van der Waals surface area (Å²) < 4.78 is 11.2. The summed E-state index contributed by atoms with van der Waals surface area (Å²) >= 11 is 0. The number of hydrogen-bond donors (Lipinski definition) is 3. The van der Waals surface area contributed by atoms with Crippen LogP contribution in [0.5, 0.6) is 0 Å². The summed E-state index contributed by atoms with van der Waals surface area (Å²) in [6.45, 7) is 8.67. The van der Waals surface area contributed by atoms with Crippen LogP contribution in [-0.2, 0) is 21.2 Å². The lowest BCUT2D eigenvalue weighted by Crippen LogP contribution is -2.55. The molecule has 1 aromatic carbocycles. The number of carbonyl (C=O) groups is 1. The highest BCUT2D eigenvalue weighted by Crippen LogP contribution is 2.57.